The Morgan fingerprint density at radius 3 is 0.645 bits per heavy atom. The van der Waals surface area contributed by atoms with Crippen molar-refractivity contribution in [3.63, 3.8) is 0 Å². The molecule has 302 valence electrons. The molecule has 62 heavy (non-hydrogen) atoms. The van der Waals surface area contributed by atoms with E-state index in [0.29, 0.717) is 6.10 Å². The van der Waals surface area contributed by atoms with Crippen LogP contribution in [0.2, 0.25) is 0 Å². The van der Waals surface area contributed by atoms with Crippen LogP contribution in [0, 0.1) is 0 Å². The van der Waals surface area contributed by atoms with Gasteiger partial charge in [0.15, 0.2) is 0 Å². The van der Waals surface area contributed by atoms with Crippen LogP contribution in [-0.2, 0) is 26.1 Å². The van der Waals surface area contributed by atoms with E-state index in [2.05, 4.69) is 273 Å². The Hall–Kier alpha value is -7.10. The highest BCUT2D eigenvalue weighted by molar-refractivity contribution is 5.54. The van der Waals surface area contributed by atoms with E-state index in [9.17, 15) is 0 Å². The van der Waals surface area contributed by atoms with Crippen LogP contribution in [-0.4, -0.2) is 12.7 Å². The maximum Gasteiger partial charge on any atom is 0.145 e. The first kappa shape index (κ1) is 40.3. The normalized spacial score (nSPS) is 13.6. The van der Waals surface area contributed by atoms with E-state index < -0.39 is 11.2 Å². The van der Waals surface area contributed by atoms with Crippen LogP contribution in [0.3, 0.4) is 0 Å². The molecule has 9 aromatic rings. The lowest BCUT2D eigenvalue weighted by molar-refractivity contribution is -0.0810. The van der Waals surface area contributed by atoms with E-state index in [1.54, 1.807) is 0 Å². The molecule has 1 aliphatic heterocycles. The van der Waals surface area contributed by atoms with E-state index in [-0.39, 0.29) is 5.41 Å². The molecular weight excluding hydrogens is 753 g/mol. The first-order valence-corrected chi connectivity index (χ1v) is 21.5. The summed E-state index contributed by atoms with van der Waals surface area (Å²) < 4.78 is 13.6. The van der Waals surface area contributed by atoms with E-state index in [0.717, 1.165) is 46.4 Å². The van der Waals surface area contributed by atoms with Crippen molar-refractivity contribution in [2.24, 2.45) is 0 Å². The quantitative estimate of drug-likeness (QED) is 0.0855. The van der Waals surface area contributed by atoms with Gasteiger partial charge in [-0.2, -0.15) is 0 Å². The van der Waals surface area contributed by atoms with Gasteiger partial charge in [0, 0.05) is 5.41 Å². The topological polar surface area (TPSA) is 21.8 Å². The van der Waals surface area contributed by atoms with Gasteiger partial charge in [-0.25, -0.2) is 0 Å². The number of hydrogen-bond donors (Lipinski definition) is 0. The third-order valence-corrected chi connectivity index (χ3v) is 12.1. The number of rotatable bonds is 13. The first-order chi connectivity index (χ1) is 30.7. The number of ether oxygens (including phenoxy) is 2. The van der Waals surface area contributed by atoms with Crippen LogP contribution < -0.4 is 0 Å². The molecule has 1 aliphatic rings. The number of epoxide rings is 1. The van der Waals surface area contributed by atoms with Crippen molar-refractivity contribution < 1.29 is 9.47 Å². The van der Waals surface area contributed by atoms with Gasteiger partial charge in [-0.3, -0.25) is 0 Å². The van der Waals surface area contributed by atoms with E-state index >= 15 is 0 Å². The maximum atomic E-state index is 7.94. The second-order valence-corrected chi connectivity index (χ2v) is 15.8. The van der Waals surface area contributed by atoms with Crippen molar-refractivity contribution in [2.75, 3.05) is 6.61 Å². The predicted molar refractivity (Wildman–Crippen MR) is 253 cm³/mol. The summed E-state index contributed by atoms with van der Waals surface area (Å²) in [6.45, 7) is 0.869. The van der Waals surface area contributed by atoms with Crippen LogP contribution in [0.25, 0.3) is 0 Å². The summed E-state index contributed by atoms with van der Waals surface area (Å²) in [7, 11) is 0. The van der Waals surface area contributed by atoms with Gasteiger partial charge >= 0.3 is 0 Å². The van der Waals surface area contributed by atoms with Gasteiger partial charge in [0.25, 0.3) is 0 Å². The molecule has 0 radical (unpaired) electrons. The van der Waals surface area contributed by atoms with Gasteiger partial charge in [0.2, 0.25) is 0 Å². The third-order valence-electron chi connectivity index (χ3n) is 12.1. The summed E-state index contributed by atoms with van der Waals surface area (Å²) >= 11 is 0. The summed E-state index contributed by atoms with van der Waals surface area (Å²) in [5.41, 5.74) is 8.35. The van der Waals surface area contributed by atoms with Crippen molar-refractivity contribution in [2.45, 2.75) is 29.1 Å². The molecule has 1 atom stereocenters. The lowest BCUT2D eigenvalue weighted by atomic mass is 9.67. The summed E-state index contributed by atoms with van der Waals surface area (Å²) in [4.78, 5) is 0. The first-order valence-electron chi connectivity index (χ1n) is 21.5. The molecular formula is C60H50O2. The average molecular weight is 803 g/mol. The second kappa shape index (κ2) is 18.7. The Morgan fingerprint density at radius 1 is 0.290 bits per heavy atom. The van der Waals surface area contributed by atoms with E-state index in [1.165, 1.54) is 16.7 Å². The van der Waals surface area contributed by atoms with Crippen LogP contribution >= 0.6 is 0 Å². The Bertz CT molecular complexity index is 2270. The van der Waals surface area contributed by atoms with Crippen molar-refractivity contribution in [3.8, 4) is 0 Å². The zero-order valence-corrected chi connectivity index (χ0v) is 34.8. The van der Waals surface area contributed by atoms with E-state index in [1.807, 2.05) is 0 Å². The molecule has 0 amide bonds. The van der Waals surface area contributed by atoms with Gasteiger partial charge in [0.1, 0.15) is 11.2 Å². The van der Waals surface area contributed by atoms with Gasteiger partial charge in [-0.15, -0.1) is 0 Å². The van der Waals surface area contributed by atoms with Crippen molar-refractivity contribution in [3.05, 3.63) is 323 Å². The zero-order chi connectivity index (χ0) is 41.9. The van der Waals surface area contributed by atoms with Gasteiger partial charge < -0.3 is 9.47 Å². The zero-order valence-electron chi connectivity index (χ0n) is 34.8. The summed E-state index contributed by atoms with van der Waals surface area (Å²) in [6, 6.07) is 96.0. The average Bonchev–Trinajstić information content (AvgIpc) is 4.21. The molecule has 0 spiro atoms. The Kier molecular flexibility index (Phi) is 12.1. The van der Waals surface area contributed by atoms with Crippen molar-refractivity contribution in [1.82, 2.24) is 0 Å². The highest BCUT2D eigenvalue weighted by Gasteiger charge is 2.49. The fourth-order valence-electron chi connectivity index (χ4n) is 9.17. The van der Waals surface area contributed by atoms with Gasteiger partial charge in [-0.1, -0.05) is 273 Å². The molecule has 1 heterocycles. The monoisotopic (exact) mass is 802 g/mol. The second-order valence-electron chi connectivity index (χ2n) is 15.8. The molecule has 0 bridgehead atoms. The smallest absolute Gasteiger partial charge is 0.145 e. The molecule has 1 unspecified atom stereocenters. The highest BCUT2D eigenvalue weighted by atomic mass is 16.6. The Balaban J connectivity index is 0.000000181. The lowest BCUT2D eigenvalue weighted by Gasteiger charge is -2.46. The lowest BCUT2D eigenvalue weighted by Crippen LogP contribution is -2.44. The standard InChI is InChI=1S/C38H30O.C22H20O/c1-7-19-31(20-8-1)37(32-21-9-2-10-22-32,33-23-11-3-12-24-33)39-38(34-25-13-4-14-26-34,35-27-15-5-16-28-35)36-29-17-6-18-30-36;1-4-10-18(11-5-1)22(16-21-17-23-21,19-12-6-2-7-13-19)20-14-8-3-9-15-20/h1-30H;1-15,21H,16-17H2. The number of benzene rings is 9. The molecule has 2 nitrogen and oxygen atoms in total. The molecule has 2 heteroatoms. The third kappa shape index (κ3) is 8.07. The summed E-state index contributed by atoms with van der Waals surface area (Å²) in [5.74, 6) is 0. The van der Waals surface area contributed by atoms with Crippen LogP contribution in [0.15, 0.2) is 273 Å². The molecule has 0 saturated carbocycles. The van der Waals surface area contributed by atoms with Crippen LogP contribution in [0.4, 0.5) is 0 Å². The molecule has 0 aliphatic carbocycles. The number of hydrogen-bond acceptors (Lipinski definition) is 2. The highest BCUT2D eigenvalue weighted by Crippen LogP contribution is 2.51. The minimum Gasteiger partial charge on any atom is -0.373 e. The minimum atomic E-state index is -0.925. The predicted octanol–water partition coefficient (Wildman–Crippen LogP) is 13.8. The molecule has 0 aromatic heterocycles. The SMILES string of the molecule is c1ccc(C(CC2CO2)(c2ccccc2)c2ccccc2)cc1.c1ccc(C(OC(c2ccccc2)(c2ccccc2)c2ccccc2)(c2ccccc2)c2ccccc2)cc1. The van der Waals surface area contributed by atoms with Crippen LogP contribution in [0.1, 0.15) is 56.5 Å². The van der Waals surface area contributed by atoms with Crippen molar-refractivity contribution >= 4 is 0 Å². The molecule has 1 fully saturated rings. The fourth-order valence-corrected chi connectivity index (χ4v) is 9.17. The molecule has 1 saturated heterocycles. The Morgan fingerprint density at radius 2 is 0.468 bits per heavy atom. The fraction of sp³-hybridized carbons (Fsp3) is 0.100. The summed E-state index contributed by atoms with van der Waals surface area (Å²) in [6.07, 6.45) is 1.32. The largest absolute Gasteiger partial charge is 0.373 e. The Labute approximate surface area is 366 Å². The molecule has 9 aromatic carbocycles. The summed E-state index contributed by atoms with van der Waals surface area (Å²) in [5, 5.41) is 0. The van der Waals surface area contributed by atoms with Crippen LogP contribution in [0.5, 0.6) is 0 Å². The molecule has 0 N–H and O–H groups in total. The van der Waals surface area contributed by atoms with Gasteiger partial charge in [-0.05, 0) is 56.5 Å². The van der Waals surface area contributed by atoms with Gasteiger partial charge in [0.05, 0.1) is 12.7 Å². The minimum absolute atomic E-state index is 0.162. The molecule has 10 rings (SSSR count). The van der Waals surface area contributed by atoms with Crippen molar-refractivity contribution in [1.29, 1.82) is 0 Å². The van der Waals surface area contributed by atoms with E-state index in [4.69, 9.17) is 9.47 Å². The maximum absolute atomic E-state index is 7.94.